The number of hydrogen-bond acceptors (Lipinski definition) is 3. The maximum atomic E-state index is 12.5. The zero-order valence-electron chi connectivity index (χ0n) is 13.7. The summed E-state index contributed by atoms with van der Waals surface area (Å²) in [6.07, 6.45) is 9.89. The molecule has 2 nitrogen and oxygen atoms in total. The summed E-state index contributed by atoms with van der Waals surface area (Å²) in [5.41, 5.74) is 0. The number of carbonyl (C=O) groups is 1. The molecule has 0 radical (unpaired) electrons. The van der Waals surface area contributed by atoms with Crippen LogP contribution in [0, 0.1) is 0 Å². The van der Waals surface area contributed by atoms with Crippen LogP contribution in [0.1, 0.15) is 51.9 Å². The van der Waals surface area contributed by atoms with Crippen molar-refractivity contribution in [3.63, 3.8) is 0 Å². The lowest BCUT2D eigenvalue weighted by atomic mass is 9.96. The van der Waals surface area contributed by atoms with Crippen molar-refractivity contribution in [1.82, 2.24) is 0 Å². The van der Waals surface area contributed by atoms with Crippen molar-refractivity contribution in [2.24, 2.45) is 0 Å². The van der Waals surface area contributed by atoms with Crippen molar-refractivity contribution in [1.29, 1.82) is 0 Å². The smallest absolute Gasteiger partial charge is 0.322 e. The minimum absolute atomic E-state index is 0.0216. The molecule has 0 aliphatic carbocycles. The van der Waals surface area contributed by atoms with E-state index in [2.05, 4.69) is 44.9 Å². The molecular weight excluding hydrogens is 419 g/mol. The summed E-state index contributed by atoms with van der Waals surface area (Å²) >= 11 is 3.96. The monoisotopic (exact) mass is 444 g/mol. The summed E-state index contributed by atoms with van der Waals surface area (Å²) in [6.45, 7) is 2.00. The van der Waals surface area contributed by atoms with E-state index < -0.39 is 0 Å². The van der Waals surface area contributed by atoms with Crippen LogP contribution in [0.25, 0.3) is 0 Å². The van der Waals surface area contributed by atoms with E-state index in [4.69, 9.17) is 4.74 Å². The predicted octanol–water partition coefficient (Wildman–Crippen LogP) is 6.14. The quantitative estimate of drug-likeness (QED) is 0.260. The van der Waals surface area contributed by atoms with Gasteiger partial charge >= 0.3 is 5.97 Å². The summed E-state index contributed by atoms with van der Waals surface area (Å²) in [4.78, 5) is 13.6. The highest BCUT2D eigenvalue weighted by molar-refractivity contribution is 14.1. The Bertz CT molecular complexity index is 517. The van der Waals surface area contributed by atoms with Gasteiger partial charge in [-0.25, -0.2) is 0 Å². The summed E-state index contributed by atoms with van der Waals surface area (Å²) in [5, 5.41) is 0. The van der Waals surface area contributed by atoms with Crippen molar-refractivity contribution in [3.8, 4) is 0 Å². The van der Waals surface area contributed by atoms with E-state index in [9.17, 15) is 4.79 Å². The summed E-state index contributed by atoms with van der Waals surface area (Å²) < 4.78 is 7.19. The first-order valence-electron chi connectivity index (χ1n) is 8.37. The van der Waals surface area contributed by atoms with E-state index in [1.54, 1.807) is 11.8 Å². The van der Waals surface area contributed by atoms with Gasteiger partial charge in [-0.05, 0) is 42.4 Å². The van der Waals surface area contributed by atoms with E-state index in [-0.39, 0.29) is 16.8 Å². The molecule has 4 heteroatoms. The number of hydrogen-bond donors (Lipinski definition) is 0. The average Bonchev–Trinajstić information content (AvgIpc) is 2.81. The third kappa shape index (κ3) is 5.82. The van der Waals surface area contributed by atoms with Gasteiger partial charge in [0.05, 0.1) is 0 Å². The van der Waals surface area contributed by atoms with Crippen molar-refractivity contribution in [3.05, 3.63) is 40.5 Å². The van der Waals surface area contributed by atoms with Crippen LogP contribution >= 0.6 is 34.4 Å². The Morgan fingerprint density at radius 1 is 1.26 bits per heavy atom. The Labute approximate surface area is 157 Å². The molecule has 1 aromatic rings. The van der Waals surface area contributed by atoms with Crippen LogP contribution in [-0.2, 0) is 9.53 Å². The van der Waals surface area contributed by atoms with Crippen LogP contribution in [0.15, 0.2) is 45.4 Å². The number of rotatable bonds is 9. The molecular formula is C19H25IO2S. The molecule has 0 bridgehead atoms. The Balaban J connectivity index is 1.89. The van der Waals surface area contributed by atoms with Crippen LogP contribution in [0.5, 0.6) is 0 Å². The maximum absolute atomic E-state index is 12.5. The molecule has 1 saturated heterocycles. The van der Waals surface area contributed by atoms with Crippen LogP contribution < -0.4 is 0 Å². The van der Waals surface area contributed by atoms with E-state index in [0.29, 0.717) is 0 Å². The molecule has 1 aliphatic heterocycles. The Hall–Kier alpha value is -0.490. The van der Waals surface area contributed by atoms with E-state index in [0.717, 1.165) is 30.6 Å². The molecule has 0 saturated carbocycles. The van der Waals surface area contributed by atoms with Gasteiger partial charge in [-0.15, -0.1) is 11.8 Å². The molecule has 1 aromatic carbocycles. The zero-order chi connectivity index (χ0) is 16.5. The molecule has 1 aliphatic rings. The number of carbonyl (C=O) groups excluding carboxylic acids is 1. The second-order valence-electron chi connectivity index (χ2n) is 6.14. The molecule has 126 valence electrons. The average molecular weight is 444 g/mol. The van der Waals surface area contributed by atoms with Gasteiger partial charge in [0.25, 0.3) is 0 Å². The SMILES string of the molecule is C[C@H]1CC(CCCCCC/C=C/I)(Sc2ccccc2)C(=O)O1. The summed E-state index contributed by atoms with van der Waals surface area (Å²) in [6, 6.07) is 10.2. The van der Waals surface area contributed by atoms with Gasteiger partial charge in [-0.2, -0.15) is 0 Å². The number of cyclic esters (lactones) is 1. The number of halogens is 1. The van der Waals surface area contributed by atoms with Gasteiger partial charge in [-0.1, -0.05) is 66.1 Å². The second kappa shape index (κ2) is 9.72. The molecule has 2 atom stereocenters. The fourth-order valence-electron chi connectivity index (χ4n) is 3.02. The first-order valence-corrected chi connectivity index (χ1v) is 10.4. The molecule has 0 amide bonds. The van der Waals surface area contributed by atoms with Crippen LogP contribution in [0.2, 0.25) is 0 Å². The molecule has 2 rings (SSSR count). The Morgan fingerprint density at radius 3 is 2.65 bits per heavy atom. The maximum Gasteiger partial charge on any atom is 0.322 e. The van der Waals surface area contributed by atoms with Gasteiger partial charge < -0.3 is 4.74 Å². The third-order valence-electron chi connectivity index (χ3n) is 4.14. The standard InChI is InChI=1S/C19H25IO2S/c1-16-15-19(18(21)22-16,23-17-11-7-6-8-12-17)13-9-4-2-3-5-10-14-20/h6-8,10-12,14,16H,2-5,9,13,15H2,1H3/b14-10+/t16-,19?/m0/s1. The lowest BCUT2D eigenvalue weighted by molar-refractivity contribution is -0.142. The molecule has 23 heavy (non-hydrogen) atoms. The molecule has 0 N–H and O–H groups in total. The molecule has 1 fully saturated rings. The highest BCUT2D eigenvalue weighted by Gasteiger charge is 2.48. The van der Waals surface area contributed by atoms with Crippen molar-refractivity contribution >= 4 is 40.3 Å². The van der Waals surface area contributed by atoms with Crippen molar-refractivity contribution in [2.45, 2.75) is 67.6 Å². The fraction of sp³-hybridized carbons (Fsp3) is 0.526. The number of unbranched alkanes of at least 4 members (excludes halogenated alkanes) is 4. The highest BCUT2D eigenvalue weighted by Crippen LogP contribution is 2.45. The van der Waals surface area contributed by atoms with E-state index in [1.165, 1.54) is 19.3 Å². The van der Waals surface area contributed by atoms with Gasteiger partial charge in [-0.3, -0.25) is 4.79 Å². The highest BCUT2D eigenvalue weighted by atomic mass is 127. The first kappa shape index (κ1) is 18.8. The lowest BCUT2D eigenvalue weighted by Crippen LogP contribution is -2.30. The van der Waals surface area contributed by atoms with Crippen LogP contribution in [-0.4, -0.2) is 16.8 Å². The van der Waals surface area contributed by atoms with Gasteiger partial charge in [0.1, 0.15) is 10.9 Å². The zero-order valence-corrected chi connectivity index (χ0v) is 16.6. The largest absolute Gasteiger partial charge is 0.462 e. The van der Waals surface area contributed by atoms with Crippen LogP contribution in [0.3, 0.4) is 0 Å². The third-order valence-corrected chi connectivity index (χ3v) is 6.09. The minimum atomic E-state index is -0.386. The molecule has 0 spiro atoms. The number of benzene rings is 1. The van der Waals surface area contributed by atoms with Gasteiger partial charge in [0.2, 0.25) is 0 Å². The predicted molar refractivity (Wildman–Crippen MR) is 106 cm³/mol. The molecule has 1 unspecified atom stereocenters. The Kier molecular flexibility index (Phi) is 7.96. The number of esters is 1. The summed E-state index contributed by atoms with van der Waals surface area (Å²) in [5.74, 6) is -0.0216. The normalized spacial score (nSPS) is 24.3. The van der Waals surface area contributed by atoms with Crippen molar-refractivity contribution < 1.29 is 9.53 Å². The van der Waals surface area contributed by atoms with Crippen LogP contribution in [0.4, 0.5) is 0 Å². The Morgan fingerprint density at radius 2 is 2.00 bits per heavy atom. The van der Waals surface area contributed by atoms with E-state index in [1.807, 2.05) is 25.1 Å². The number of ether oxygens (including phenoxy) is 1. The fourth-order valence-corrected chi connectivity index (χ4v) is 4.82. The van der Waals surface area contributed by atoms with Gasteiger partial charge in [0.15, 0.2) is 0 Å². The number of allylic oxidation sites excluding steroid dienone is 1. The minimum Gasteiger partial charge on any atom is -0.462 e. The molecule has 1 heterocycles. The summed E-state index contributed by atoms with van der Waals surface area (Å²) in [7, 11) is 0. The number of thioether (sulfide) groups is 1. The van der Waals surface area contributed by atoms with Crippen molar-refractivity contribution in [2.75, 3.05) is 0 Å². The second-order valence-corrected chi connectivity index (χ2v) is 8.32. The first-order chi connectivity index (χ1) is 11.2. The lowest BCUT2D eigenvalue weighted by Gasteiger charge is -2.24. The van der Waals surface area contributed by atoms with Gasteiger partial charge in [0, 0.05) is 11.3 Å². The molecule has 0 aromatic heterocycles. The van der Waals surface area contributed by atoms with E-state index >= 15 is 0 Å². The topological polar surface area (TPSA) is 26.3 Å².